The lowest BCUT2D eigenvalue weighted by Gasteiger charge is -2.10. The van der Waals surface area contributed by atoms with E-state index in [4.69, 9.17) is 21.1 Å². The fourth-order valence-electron chi connectivity index (χ4n) is 1.95. The summed E-state index contributed by atoms with van der Waals surface area (Å²) in [6.45, 7) is 1.44. The lowest BCUT2D eigenvalue weighted by molar-refractivity contribution is 0.393. The number of nitrogens with one attached hydrogen (secondary N) is 1. The zero-order chi connectivity index (χ0) is 14.4. The van der Waals surface area contributed by atoms with E-state index in [1.54, 1.807) is 14.2 Å². The van der Waals surface area contributed by atoms with Crippen molar-refractivity contribution < 1.29 is 9.47 Å². The van der Waals surface area contributed by atoms with Crippen LogP contribution in [0, 0.1) is 0 Å². The highest BCUT2D eigenvalue weighted by atomic mass is 35.5. The largest absolute Gasteiger partial charge is 0.497 e. The summed E-state index contributed by atoms with van der Waals surface area (Å²) in [5.74, 6) is 1.58. The number of halogens is 1. The molecule has 0 radical (unpaired) electrons. The molecule has 0 saturated heterocycles. The third kappa shape index (κ3) is 3.89. The molecule has 20 heavy (non-hydrogen) atoms. The van der Waals surface area contributed by atoms with Gasteiger partial charge in [0.1, 0.15) is 11.5 Å². The maximum absolute atomic E-state index is 6.12. The lowest BCUT2D eigenvalue weighted by atomic mass is 10.2. The Kier molecular flexibility index (Phi) is 5.27. The monoisotopic (exact) mass is 291 g/mol. The van der Waals surface area contributed by atoms with Gasteiger partial charge in [0.25, 0.3) is 0 Å². The predicted molar refractivity (Wildman–Crippen MR) is 81.5 cm³/mol. The van der Waals surface area contributed by atoms with Gasteiger partial charge in [-0.3, -0.25) is 0 Å². The molecule has 4 heteroatoms. The average Bonchev–Trinajstić information content (AvgIpc) is 2.48. The molecule has 0 saturated carbocycles. The molecule has 106 valence electrons. The topological polar surface area (TPSA) is 30.5 Å². The van der Waals surface area contributed by atoms with E-state index in [0.717, 1.165) is 40.7 Å². The second-order valence-electron chi connectivity index (χ2n) is 4.42. The van der Waals surface area contributed by atoms with Gasteiger partial charge in [-0.25, -0.2) is 0 Å². The van der Waals surface area contributed by atoms with Crippen LogP contribution in [0.5, 0.6) is 11.5 Å². The molecular weight excluding hydrogens is 274 g/mol. The summed E-state index contributed by atoms with van der Waals surface area (Å²) in [4.78, 5) is 0. The van der Waals surface area contributed by atoms with Gasteiger partial charge in [-0.2, -0.15) is 0 Å². The van der Waals surface area contributed by atoms with E-state index in [2.05, 4.69) is 5.32 Å². The standard InChI is InChI=1S/C16H18ClNO2/c1-19-14-7-12(8-15(9-14)20-2)10-18-11-13-5-3-4-6-16(13)17/h3-9,18H,10-11H2,1-2H3. The molecule has 2 aromatic rings. The molecule has 3 nitrogen and oxygen atoms in total. The van der Waals surface area contributed by atoms with Crippen LogP contribution in [0.4, 0.5) is 0 Å². The molecule has 0 aliphatic carbocycles. The van der Waals surface area contributed by atoms with Crippen molar-refractivity contribution in [2.45, 2.75) is 13.1 Å². The van der Waals surface area contributed by atoms with Gasteiger partial charge in [0.15, 0.2) is 0 Å². The number of ether oxygens (including phenoxy) is 2. The molecule has 0 unspecified atom stereocenters. The minimum absolute atomic E-state index is 0.721. The Balaban J connectivity index is 1.99. The first-order valence-corrected chi connectivity index (χ1v) is 6.77. The number of rotatable bonds is 6. The van der Waals surface area contributed by atoms with Crippen LogP contribution in [0.15, 0.2) is 42.5 Å². The summed E-state index contributed by atoms with van der Waals surface area (Å²) < 4.78 is 10.5. The van der Waals surface area contributed by atoms with Crippen LogP contribution in [0.3, 0.4) is 0 Å². The van der Waals surface area contributed by atoms with Crippen LogP contribution < -0.4 is 14.8 Å². The highest BCUT2D eigenvalue weighted by molar-refractivity contribution is 6.31. The number of hydrogen-bond donors (Lipinski definition) is 1. The Morgan fingerprint density at radius 3 is 2.20 bits per heavy atom. The van der Waals surface area contributed by atoms with E-state index < -0.39 is 0 Å². The molecule has 2 aromatic carbocycles. The van der Waals surface area contributed by atoms with E-state index in [0.29, 0.717) is 0 Å². The Bertz CT molecular complexity index is 550. The fourth-order valence-corrected chi connectivity index (χ4v) is 2.15. The van der Waals surface area contributed by atoms with Crippen molar-refractivity contribution in [1.82, 2.24) is 5.32 Å². The summed E-state index contributed by atoms with van der Waals surface area (Å²) in [7, 11) is 3.30. The second-order valence-corrected chi connectivity index (χ2v) is 4.82. The third-order valence-electron chi connectivity index (χ3n) is 3.01. The first-order chi connectivity index (χ1) is 9.72. The zero-order valence-corrected chi connectivity index (χ0v) is 12.4. The number of benzene rings is 2. The molecule has 0 aliphatic rings. The zero-order valence-electron chi connectivity index (χ0n) is 11.7. The number of hydrogen-bond acceptors (Lipinski definition) is 3. The summed E-state index contributed by atoms with van der Waals surface area (Å²) in [6, 6.07) is 13.7. The van der Waals surface area contributed by atoms with Gasteiger partial charge >= 0.3 is 0 Å². The molecule has 0 amide bonds. The second kappa shape index (κ2) is 7.17. The van der Waals surface area contributed by atoms with E-state index >= 15 is 0 Å². The molecule has 0 aliphatic heterocycles. The quantitative estimate of drug-likeness (QED) is 0.881. The van der Waals surface area contributed by atoms with Crippen molar-refractivity contribution in [3.05, 3.63) is 58.6 Å². The van der Waals surface area contributed by atoms with Crippen LogP contribution in [0.2, 0.25) is 5.02 Å². The maximum Gasteiger partial charge on any atom is 0.122 e. The normalized spacial score (nSPS) is 10.3. The van der Waals surface area contributed by atoms with Crippen LogP contribution in [-0.2, 0) is 13.1 Å². The van der Waals surface area contributed by atoms with Crippen molar-refractivity contribution in [3.8, 4) is 11.5 Å². The molecule has 2 rings (SSSR count). The van der Waals surface area contributed by atoms with E-state index in [1.807, 2.05) is 42.5 Å². The molecule has 0 heterocycles. The van der Waals surface area contributed by atoms with Crippen LogP contribution in [0.1, 0.15) is 11.1 Å². The van der Waals surface area contributed by atoms with Gasteiger partial charge in [0.05, 0.1) is 14.2 Å². The minimum Gasteiger partial charge on any atom is -0.497 e. The third-order valence-corrected chi connectivity index (χ3v) is 3.38. The van der Waals surface area contributed by atoms with Crippen molar-refractivity contribution in [3.63, 3.8) is 0 Å². The molecule has 0 fully saturated rings. The van der Waals surface area contributed by atoms with Gasteiger partial charge in [-0.05, 0) is 29.3 Å². The first-order valence-electron chi connectivity index (χ1n) is 6.39. The van der Waals surface area contributed by atoms with Gasteiger partial charge in [0.2, 0.25) is 0 Å². The Hall–Kier alpha value is -1.71. The molecule has 0 atom stereocenters. The smallest absolute Gasteiger partial charge is 0.122 e. The molecule has 0 aromatic heterocycles. The summed E-state index contributed by atoms with van der Waals surface area (Å²) in [5.41, 5.74) is 2.19. The Morgan fingerprint density at radius 1 is 0.950 bits per heavy atom. The number of methoxy groups -OCH3 is 2. The maximum atomic E-state index is 6.12. The Labute approximate surface area is 124 Å². The van der Waals surface area contributed by atoms with E-state index in [9.17, 15) is 0 Å². The highest BCUT2D eigenvalue weighted by Gasteiger charge is 2.03. The first kappa shape index (κ1) is 14.7. The minimum atomic E-state index is 0.721. The molecular formula is C16H18ClNO2. The van der Waals surface area contributed by atoms with Crippen molar-refractivity contribution in [2.24, 2.45) is 0 Å². The fraction of sp³-hybridized carbons (Fsp3) is 0.250. The van der Waals surface area contributed by atoms with Crippen LogP contribution in [-0.4, -0.2) is 14.2 Å². The highest BCUT2D eigenvalue weighted by Crippen LogP contribution is 2.22. The van der Waals surface area contributed by atoms with Crippen LogP contribution in [0.25, 0.3) is 0 Å². The summed E-state index contributed by atoms with van der Waals surface area (Å²) in [6.07, 6.45) is 0. The van der Waals surface area contributed by atoms with Gasteiger partial charge in [-0.1, -0.05) is 29.8 Å². The van der Waals surface area contributed by atoms with Gasteiger partial charge < -0.3 is 14.8 Å². The average molecular weight is 292 g/mol. The predicted octanol–water partition coefficient (Wildman–Crippen LogP) is 3.65. The van der Waals surface area contributed by atoms with Crippen molar-refractivity contribution in [1.29, 1.82) is 0 Å². The van der Waals surface area contributed by atoms with Gasteiger partial charge in [-0.15, -0.1) is 0 Å². The molecule has 0 bridgehead atoms. The van der Waals surface area contributed by atoms with E-state index in [1.165, 1.54) is 0 Å². The molecule has 1 N–H and O–H groups in total. The lowest BCUT2D eigenvalue weighted by Crippen LogP contribution is -2.13. The summed E-state index contributed by atoms with van der Waals surface area (Å²) in [5, 5.41) is 4.15. The van der Waals surface area contributed by atoms with Crippen molar-refractivity contribution >= 4 is 11.6 Å². The van der Waals surface area contributed by atoms with Crippen molar-refractivity contribution in [2.75, 3.05) is 14.2 Å². The molecule has 0 spiro atoms. The van der Waals surface area contributed by atoms with E-state index in [-0.39, 0.29) is 0 Å². The SMILES string of the molecule is COc1cc(CNCc2ccccc2Cl)cc(OC)c1. The Morgan fingerprint density at radius 2 is 1.60 bits per heavy atom. The van der Waals surface area contributed by atoms with Gasteiger partial charge in [0, 0.05) is 24.2 Å². The summed E-state index contributed by atoms with van der Waals surface area (Å²) >= 11 is 6.12. The van der Waals surface area contributed by atoms with Crippen LogP contribution >= 0.6 is 11.6 Å².